The number of hydrogen-bond acceptors (Lipinski definition) is 4. The highest BCUT2D eigenvalue weighted by molar-refractivity contribution is 6.33. The van der Waals surface area contributed by atoms with Gasteiger partial charge in [-0.3, -0.25) is 0 Å². The highest BCUT2D eigenvalue weighted by Gasteiger charge is 2.38. The number of rotatable bonds is 3. The number of nitrogen functional groups attached to an aromatic ring is 1. The van der Waals surface area contributed by atoms with Gasteiger partial charge in [0.2, 0.25) is 0 Å². The predicted octanol–water partition coefficient (Wildman–Crippen LogP) is 2.38. The first-order valence-corrected chi connectivity index (χ1v) is 6.27. The molecule has 3 rings (SSSR count). The van der Waals surface area contributed by atoms with Crippen LogP contribution in [0.25, 0.3) is 11.4 Å². The van der Waals surface area contributed by atoms with Crippen LogP contribution in [0, 0.1) is 5.41 Å². The van der Waals surface area contributed by atoms with Gasteiger partial charge in [-0.1, -0.05) is 18.5 Å². The molecule has 1 fully saturated rings. The van der Waals surface area contributed by atoms with Gasteiger partial charge in [-0.25, -0.2) is 4.68 Å². The van der Waals surface area contributed by atoms with E-state index in [4.69, 9.17) is 17.3 Å². The fourth-order valence-electron chi connectivity index (χ4n) is 1.95. The van der Waals surface area contributed by atoms with Gasteiger partial charge in [-0.2, -0.15) is 0 Å². The lowest BCUT2D eigenvalue weighted by Crippen LogP contribution is -2.11. The highest BCUT2D eigenvalue weighted by atomic mass is 35.5. The summed E-state index contributed by atoms with van der Waals surface area (Å²) < 4.78 is 1.82. The van der Waals surface area contributed by atoms with Crippen molar-refractivity contribution < 1.29 is 0 Å². The summed E-state index contributed by atoms with van der Waals surface area (Å²) in [6, 6.07) is 5.38. The average Bonchev–Trinajstić information content (AvgIpc) is 2.86. The van der Waals surface area contributed by atoms with Crippen molar-refractivity contribution in [3.05, 3.63) is 23.2 Å². The summed E-state index contributed by atoms with van der Waals surface area (Å²) in [5.74, 6) is 0.702. The Labute approximate surface area is 110 Å². The largest absolute Gasteiger partial charge is 0.399 e. The molecule has 94 valence electrons. The summed E-state index contributed by atoms with van der Waals surface area (Å²) in [5.41, 5.74) is 7.48. The normalized spacial score (nSPS) is 16.8. The van der Waals surface area contributed by atoms with E-state index in [0.29, 0.717) is 21.9 Å². The molecule has 0 saturated heterocycles. The lowest BCUT2D eigenvalue weighted by molar-refractivity contribution is 0.427. The molecule has 2 N–H and O–H groups in total. The number of anilines is 1. The van der Waals surface area contributed by atoms with Crippen molar-refractivity contribution in [2.45, 2.75) is 26.3 Å². The van der Waals surface area contributed by atoms with E-state index in [2.05, 4.69) is 22.4 Å². The topological polar surface area (TPSA) is 69.6 Å². The van der Waals surface area contributed by atoms with Gasteiger partial charge in [0, 0.05) is 11.3 Å². The van der Waals surface area contributed by atoms with Crippen LogP contribution in [0.3, 0.4) is 0 Å². The zero-order valence-electron chi connectivity index (χ0n) is 10.1. The Bertz CT molecular complexity index is 588. The molecule has 0 unspecified atom stereocenters. The first-order valence-electron chi connectivity index (χ1n) is 5.89. The van der Waals surface area contributed by atoms with Crippen molar-refractivity contribution in [2.24, 2.45) is 5.41 Å². The number of benzene rings is 1. The quantitative estimate of drug-likeness (QED) is 0.863. The summed E-state index contributed by atoms with van der Waals surface area (Å²) in [4.78, 5) is 0. The summed E-state index contributed by atoms with van der Waals surface area (Å²) in [6.07, 6.45) is 2.45. The number of aromatic nitrogens is 4. The summed E-state index contributed by atoms with van der Waals surface area (Å²) in [7, 11) is 0. The molecule has 1 saturated carbocycles. The second-order valence-electron chi connectivity index (χ2n) is 5.21. The Hall–Kier alpha value is -1.62. The van der Waals surface area contributed by atoms with Gasteiger partial charge >= 0.3 is 0 Å². The molecule has 0 aliphatic heterocycles. The molecule has 0 amide bonds. The Morgan fingerprint density at radius 2 is 2.22 bits per heavy atom. The third kappa shape index (κ3) is 2.06. The molecule has 1 aromatic heterocycles. The third-order valence-electron chi connectivity index (χ3n) is 3.40. The third-order valence-corrected chi connectivity index (χ3v) is 3.71. The molecular weight excluding hydrogens is 250 g/mol. The van der Waals surface area contributed by atoms with Crippen molar-refractivity contribution in [1.29, 1.82) is 0 Å². The van der Waals surface area contributed by atoms with Crippen LogP contribution >= 0.6 is 11.6 Å². The van der Waals surface area contributed by atoms with Gasteiger partial charge in [0.05, 0.1) is 11.6 Å². The van der Waals surface area contributed by atoms with Crippen LogP contribution in [-0.4, -0.2) is 20.2 Å². The molecule has 0 atom stereocenters. The van der Waals surface area contributed by atoms with Gasteiger partial charge in [0.15, 0.2) is 5.82 Å². The maximum atomic E-state index is 6.19. The van der Waals surface area contributed by atoms with E-state index in [1.54, 1.807) is 12.1 Å². The molecule has 0 radical (unpaired) electrons. The molecular formula is C12H14ClN5. The number of halogens is 1. The van der Waals surface area contributed by atoms with Crippen LogP contribution in [0.4, 0.5) is 5.69 Å². The molecule has 18 heavy (non-hydrogen) atoms. The standard InChI is InChI=1S/C12H14ClN5/c1-12(4-5-12)7-18-11(15-16-17-18)9-3-2-8(14)6-10(9)13/h2-3,6H,4-5,7,14H2,1H3. The summed E-state index contributed by atoms with van der Waals surface area (Å²) >= 11 is 6.19. The van der Waals surface area contributed by atoms with Gasteiger partial charge in [0.1, 0.15) is 0 Å². The number of hydrogen-bond donors (Lipinski definition) is 1. The first-order chi connectivity index (χ1) is 8.57. The summed E-state index contributed by atoms with van der Waals surface area (Å²) in [5, 5.41) is 12.4. The van der Waals surface area contributed by atoms with Gasteiger partial charge in [-0.15, -0.1) is 5.10 Å². The van der Waals surface area contributed by atoms with Crippen molar-refractivity contribution in [2.75, 3.05) is 5.73 Å². The minimum atomic E-state index is 0.338. The van der Waals surface area contributed by atoms with Crippen LogP contribution in [-0.2, 0) is 6.54 Å². The van der Waals surface area contributed by atoms with E-state index in [-0.39, 0.29) is 0 Å². The van der Waals surface area contributed by atoms with E-state index in [9.17, 15) is 0 Å². The molecule has 0 spiro atoms. The average molecular weight is 264 g/mol. The van der Waals surface area contributed by atoms with E-state index in [1.165, 1.54) is 12.8 Å². The van der Waals surface area contributed by atoms with E-state index < -0.39 is 0 Å². The fraction of sp³-hybridized carbons (Fsp3) is 0.417. The van der Waals surface area contributed by atoms with E-state index in [0.717, 1.165) is 12.1 Å². The lowest BCUT2D eigenvalue weighted by atomic mass is 10.1. The maximum absolute atomic E-state index is 6.19. The molecule has 1 aromatic carbocycles. The second-order valence-corrected chi connectivity index (χ2v) is 5.62. The zero-order valence-corrected chi connectivity index (χ0v) is 10.9. The Balaban J connectivity index is 1.98. The van der Waals surface area contributed by atoms with Gasteiger partial charge in [0.25, 0.3) is 0 Å². The molecule has 1 aliphatic rings. The lowest BCUT2D eigenvalue weighted by Gasteiger charge is -2.10. The van der Waals surface area contributed by atoms with Gasteiger partial charge in [-0.05, 0) is 46.9 Å². The number of tetrazole rings is 1. The van der Waals surface area contributed by atoms with Crippen LogP contribution in [0.2, 0.25) is 5.02 Å². The van der Waals surface area contributed by atoms with Gasteiger partial charge < -0.3 is 5.73 Å². The highest BCUT2D eigenvalue weighted by Crippen LogP contribution is 2.46. The van der Waals surface area contributed by atoms with Crippen molar-refractivity contribution in [3.63, 3.8) is 0 Å². The van der Waals surface area contributed by atoms with E-state index >= 15 is 0 Å². The maximum Gasteiger partial charge on any atom is 0.183 e. The van der Waals surface area contributed by atoms with Crippen molar-refractivity contribution in [3.8, 4) is 11.4 Å². The minimum Gasteiger partial charge on any atom is -0.399 e. The Morgan fingerprint density at radius 3 is 2.89 bits per heavy atom. The number of nitrogens with two attached hydrogens (primary N) is 1. The monoisotopic (exact) mass is 263 g/mol. The fourth-order valence-corrected chi connectivity index (χ4v) is 2.22. The van der Waals surface area contributed by atoms with E-state index in [1.807, 2.05) is 10.7 Å². The summed E-state index contributed by atoms with van der Waals surface area (Å²) in [6.45, 7) is 3.07. The molecule has 6 heteroatoms. The Morgan fingerprint density at radius 1 is 1.44 bits per heavy atom. The minimum absolute atomic E-state index is 0.338. The van der Waals surface area contributed by atoms with Crippen LogP contribution in [0.5, 0.6) is 0 Å². The SMILES string of the molecule is CC1(Cn2nnnc2-c2ccc(N)cc2Cl)CC1. The van der Waals surface area contributed by atoms with Crippen LogP contribution < -0.4 is 5.73 Å². The molecule has 1 heterocycles. The van der Waals surface area contributed by atoms with Crippen molar-refractivity contribution >= 4 is 17.3 Å². The Kier molecular flexibility index (Phi) is 2.52. The zero-order chi connectivity index (χ0) is 12.8. The molecule has 2 aromatic rings. The predicted molar refractivity (Wildman–Crippen MR) is 70.0 cm³/mol. The van der Waals surface area contributed by atoms with Crippen LogP contribution in [0.1, 0.15) is 19.8 Å². The van der Waals surface area contributed by atoms with Crippen LogP contribution in [0.15, 0.2) is 18.2 Å². The first kappa shape index (κ1) is 11.5. The number of nitrogens with zero attached hydrogens (tertiary/aromatic N) is 4. The molecule has 1 aliphatic carbocycles. The molecule has 5 nitrogen and oxygen atoms in total. The second kappa shape index (κ2) is 3.95. The smallest absolute Gasteiger partial charge is 0.183 e. The molecule has 0 bridgehead atoms. The van der Waals surface area contributed by atoms with Crippen molar-refractivity contribution in [1.82, 2.24) is 20.2 Å².